The van der Waals surface area contributed by atoms with Crippen LogP contribution in [0.2, 0.25) is 0 Å². The Labute approximate surface area is 181 Å². The molecule has 0 bridgehead atoms. The minimum absolute atomic E-state index is 0.0334. The number of thiophene rings is 1. The van der Waals surface area contributed by atoms with Crippen LogP contribution in [-0.2, 0) is 16.6 Å². The number of nitrogens with one attached hydrogen (secondary N) is 1. The van der Waals surface area contributed by atoms with Gasteiger partial charge in [0.1, 0.15) is 0 Å². The molecule has 1 aliphatic carbocycles. The van der Waals surface area contributed by atoms with Crippen LogP contribution in [0.5, 0.6) is 0 Å². The molecule has 5 nitrogen and oxygen atoms in total. The zero-order valence-corrected chi connectivity index (χ0v) is 18.6. The third-order valence-corrected chi connectivity index (χ3v) is 7.78. The quantitative estimate of drug-likeness (QED) is 0.589. The number of carbonyl (C=O) groups is 1. The highest BCUT2D eigenvalue weighted by atomic mass is 32.2. The van der Waals surface area contributed by atoms with E-state index >= 15 is 0 Å². The van der Waals surface area contributed by atoms with E-state index in [4.69, 9.17) is 0 Å². The molecule has 0 saturated heterocycles. The molecule has 1 aromatic heterocycles. The lowest BCUT2D eigenvalue weighted by molar-refractivity contribution is 0.0932. The zero-order valence-electron chi connectivity index (χ0n) is 17.0. The van der Waals surface area contributed by atoms with Gasteiger partial charge in [0.2, 0.25) is 10.0 Å². The fourth-order valence-electron chi connectivity index (χ4n) is 3.95. The first kappa shape index (κ1) is 20.9. The lowest BCUT2D eigenvalue weighted by Crippen LogP contribution is -2.35. The maximum absolute atomic E-state index is 12.7. The van der Waals surface area contributed by atoms with Crippen molar-refractivity contribution in [3.05, 3.63) is 65.0 Å². The minimum atomic E-state index is -3.46. The Balaban J connectivity index is 1.59. The first-order valence-electron chi connectivity index (χ1n) is 10.3. The summed E-state index contributed by atoms with van der Waals surface area (Å²) in [6.07, 6.45) is 6.90. The predicted octanol–water partition coefficient (Wildman–Crippen LogP) is 4.93. The van der Waals surface area contributed by atoms with Crippen molar-refractivity contribution < 1.29 is 13.2 Å². The highest BCUT2D eigenvalue weighted by Crippen LogP contribution is 2.31. The number of amides is 1. The molecule has 0 unspecified atom stereocenters. The number of carbonyl (C=O) groups excluding carboxylic acids is 1. The summed E-state index contributed by atoms with van der Waals surface area (Å²) in [6, 6.07) is 17.2. The summed E-state index contributed by atoms with van der Waals surface area (Å²) in [6.45, 7) is 0.268. The molecule has 1 amide bonds. The van der Waals surface area contributed by atoms with Crippen molar-refractivity contribution in [2.75, 3.05) is 10.6 Å². The van der Waals surface area contributed by atoms with Gasteiger partial charge in [0.15, 0.2) is 0 Å². The van der Waals surface area contributed by atoms with Crippen molar-refractivity contribution in [1.82, 2.24) is 5.32 Å². The van der Waals surface area contributed by atoms with Crippen LogP contribution in [0.25, 0.3) is 10.1 Å². The Morgan fingerprint density at radius 3 is 2.50 bits per heavy atom. The van der Waals surface area contributed by atoms with Crippen molar-refractivity contribution in [3.63, 3.8) is 0 Å². The van der Waals surface area contributed by atoms with Gasteiger partial charge in [0.25, 0.3) is 5.91 Å². The van der Waals surface area contributed by atoms with E-state index in [9.17, 15) is 13.2 Å². The van der Waals surface area contributed by atoms with E-state index in [1.807, 2.05) is 54.6 Å². The molecular formula is C23H26N2O3S2. The zero-order chi connectivity index (χ0) is 21.1. The minimum Gasteiger partial charge on any atom is -0.349 e. The van der Waals surface area contributed by atoms with Crippen LogP contribution >= 0.6 is 11.3 Å². The molecular weight excluding hydrogens is 416 g/mol. The van der Waals surface area contributed by atoms with Crippen LogP contribution in [0.15, 0.2) is 54.6 Å². The van der Waals surface area contributed by atoms with E-state index < -0.39 is 10.0 Å². The molecule has 0 aliphatic heterocycles. The lowest BCUT2D eigenvalue weighted by Gasteiger charge is -2.22. The number of hydrogen-bond acceptors (Lipinski definition) is 4. The number of hydrogen-bond donors (Lipinski definition) is 1. The van der Waals surface area contributed by atoms with E-state index in [0.717, 1.165) is 28.5 Å². The maximum atomic E-state index is 12.7. The summed E-state index contributed by atoms with van der Waals surface area (Å²) in [5, 5.41) is 4.04. The highest BCUT2D eigenvalue weighted by Gasteiger charge is 2.21. The summed E-state index contributed by atoms with van der Waals surface area (Å²) < 4.78 is 27.3. The molecule has 4 rings (SSSR count). The third kappa shape index (κ3) is 4.84. The second kappa shape index (κ2) is 8.78. The molecule has 0 spiro atoms. The van der Waals surface area contributed by atoms with Gasteiger partial charge in [-0.3, -0.25) is 9.10 Å². The highest BCUT2D eigenvalue weighted by molar-refractivity contribution is 7.92. The molecule has 1 fully saturated rings. The van der Waals surface area contributed by atoms with Crippen LogP contribution in [-0.4, -0.2) is 26.6 Å². The molecule has 1 heterocycles. The predicted molar refractivity (Wildman–Crippen MR) is 124 cm³/mol. The fraction of sp³-hybridized carbons (Fsp3) is 0.348. The SMILES string of the molecule is CS(=O)(=O)N(Cc1ccccc1)c1ccc2sc(C(=O)NC3CCCCC3)cc2c1. The van der Waals surface area contributed by atoms with E-state index in [1.54, 1.807) is 0 Å². The Bertz CT molecular complexity index is 1130. The molecule has 1 saturated carbocycles. The summed E-state index contributed by atoms with van der Waals surface area (Å²) in [4.78, 5) is 13.4. The number of anilines is 1. The van der Waals surface area contributed by atoms with Crippen molar-refractivity contribution >= 4 is 43.0 Å². The third-order valence-electron chi connectivity index (χ3n) is 5.52. The average Bonchev–Trinajstić information content (AvgIpc) is 3.16. The molecule has 30 heavy (non-hydrogen) atoms. The Morgan fingerprint density at radius 1 is 1.07 bits per heavy atom. The molecule has 2 aromatic carbocycles. The van der Waals surface area contributed by atoms with Gasteiger partial charge in [-0.15, -0.1) is 11.3 Å². The number of rotatable bonds is 6. The smallest absolute Gasteiger partial charge is 0.261 e. The number of fused-ring (bicyclic) bond motifs is 1. The molecule has 158 valence electrons. The Hall–Kier alpha value is -2.38. The summed E-state index contributed by atoms with van der Waals surface area (Å²) >= 11 is 1.45. The van der Waals surface area contributed by atoms with E-state index in [-0.39, 0.29) is 18.5 Å². The van der Waals surface area contributed by atoms with E-state index in [2.05, 4.69) is 5.32 Å². The number of sulfonamides is 1. The monoisotopic (exact) mass is 442 g/mol. The second-order valence-corrected chi connectivity index (χ2v) is 10.9. The van der Waals surface area contributed by atoms with Crippen molar-refractivity contribution in [2.24, 2.45) is 0 Å². The van der Waals surface area contributed by atoms with Crippen LogP contribution in [0.4, 0.5) is 5.69 Å². The van der Waals surface area contributed by atoms with Gasteiger partial charge >= 0.3 is 0 Å². The molecule has 3 aromatic rings. The average molecular weight is 443 g/mol. The standard InChI is InChI=1S/C23H26N2O3S2/c1-30(27,28)25(16-17-8-4-2-5-9-17)20-12-13-21-18(14-20)15-22(29-21)23(26)24-19-10-6-3-7-11-19/h2,4-5,8-9,12-15,19H,3,6-7,10-11,16H2,1H3,(H,24,26). The van der Waals surface area contributed by atoms with Crippen molar-refractivity contribution in [2.45, 2.75) is 44.7 Å². The van der Waals surface area contributed by atoms with Crippen molar-refractivity contribution in [3.8, 4) is 0 Å². The molecule has 1 N–H and O–H groups in total. The fourth-order valence-corrected chi connectivity index (χ4v) is 5.78. The van der Waals surface area contributed by atoms with Crippen LogP contribution in [0.1, 0.15) is 47.3 Å². The maximum Gasteiger partial charge on any atom is 0.261 e. The van der Waals surface area contributed by atoms with Gasteiger partial charge in [-0.2, -0.15) is 0 Å². The second-order valence-electron chi connectivity index (χ2n) is 7.90. The number of benzene rings is 2. The normalized spacial score (nSPS) is 15.2. The topological polar surface area (TPSA) is 66.5 Å². The van der Waals surface area contributed by atoms with Gasteiger partial charge in [-0.1, -0.05) is 49.6 Å². The summed E-state index contributed by atoms with van der Waals surface area (Å²) in [7, 11) is -3.46. The molecule has 1 aliphatic rings. The van der Waals surface area contributed by atoms with Gasteiger partial charge in [0, 0.05) is 10.7 Å². The first-order valence-corrected chi connectivity index (χ1v) is 12.9. The first-order chi connectivity index (χ1) is 14.4. The van der Waals surface area contributed by atoms with Gasteiger partial charge in [0.05, 0.1) is 23.4 Å². The van der Waals surface area contributed by atoms with Gasteiger partial charge < -0.3 is 5.32 Å². The molecule has 7 heteroatoms. The summed E-state index contributed by atoms with van der Waals surface area (Å²) in [5.41, 5.74) is 1.52. The van der Waals surface area contributed by atoms with E-state index in [1.165, 1.54) is 41.2 Å². The Kier molecular flexibility index (Phi) is 6.11. The van der Waals surface area contributed by atoms with Gasteiger partial charge in [-0.05, 0) is 48.1 Å². The molecule has 0 atom stereocenters. The van der Waals surface area contributed by atoms with Crippen LogP contribution in [0.3, 0.4) is 0 Å². The van der Waals surface area contributed by atoms with Gasteiger partial charge in [-0.25, -0.2) is 8.42 Å². The molecule has 0 radical (unpaired) electrons. The number of nitrogens with zero attached hydrogens (tertiary/aromatic N) is 1. The van der Waals surface area contributed by atoms with E-state index in [0.29, 0.717) is 10.6 Å². The Morgan fingerprint density at radius 2 is 1.80 bits per heavy atom. The van der Waals surface area contributed by atoms with Crippen molar-refractivity contribution in [1.29, 1.82) is 0 Å². The van der Waals surface area contributed by atoms with Crippen LogP contribution in [0, 0.1) is 0 Å². The summed E-state index contributed by atoms with van der Waals surface area (Å²) in [5.74, 6) is -0.0334. The lowest BCUT2D eigenvalue weighted by atomic mass is 9.95. The van der Waals surface area contributed by atoms with Crippen LogP contribution < -0.4 is 9.62 Å². The largest absolute Gasteiger partial charge is 0.349 e.